The van der Waals surface area contributed by atoms with Crippen molar-refractivity contribution in [1.29, 1.82) is 0 Å². The van der Waals surface area contributed by atoms with Crippen molar-refractivity contribution in [2.75, 3.05) is 6.61 Å². The quantitative estimate of drug-likeness (QED) is 0.164. The smallest absolute Gasteiger partial charge is 0.326 e. The Morgan fingerprint density at radius 1 is 0.871 bits per heavy atom. The molecule has 8 N–H and O–H groups in total. The number of carbonyl (C=O) groups excluding carboxylic acids is 3. The summed E-state index contributed by atoms with van der Waals surface area (Å²) in [5.41, 5.74) is 5.47. The van der Waals surface area contributed by atoms with Gasteiger partial charge in [-0.05, 0) is 18.3 Å². The number of carboxylic acids is 2. The first-order valence-electron chi connectivity index (χ1n) is 10.1. The molecule has 31 heavy (non-hydrogen) atoms. The predicted octanol–water partition coefficient (Wildman–Crippen LogP) is -1.59. The largest absolute Gasteiger partial charge is 0.481 e. The number of amides is 3. The second-order valence-corrected chi connectivity index (χ2v) is 7.72. The number of hydrogen-bond acceptors (Lipinski definition) is 7. The summed E-state index contributed by atoms with van der Waals surface area (Å²) >= 11 is 0. The van der Waals surface area contributed by atoms with E-state index in [-0.39, 0.29) is 12.3 Å². The van der Waals surface area contributed by atoms with Gasteiger partial charge in [0.1, 0.15) is 24.2 Å². The number of carbonyl (C=O) groups is 5. The van der Waals surface area contributed by atoms with Gasteiger partial charge in [-0.15, -0.1) is 0 Å². The zero-order chi connectivity index (χ0) is 24.3. The van der Waals surface area contributed by atoms with Crippen molar-refractivity contribution in [3.05, 3.63) is 0 Å². The Labute approximate surface area is 180 Å². The van der Waals surface area contributed by atoms with Gasteiger partial charge in [-0.1, -0.05) is 34.1 Å². The lowest BCUT2D eigenvalue weighted by molar-refractivity contribution is -0.144. The average Bonchev–Trinajstić information content (AvgIpc) is 2.70. The SMILES string of the molecule is CCC(C)C(NC(=O)C(N)CO)C(=O)NC(CCC(=O)O)C(=O)NC(C(=O)O)C(C)C. The number of rotatable bonds is 14. The van der Waals surface area contributed by atoms with E-state index in [1.165, 1.54) is 0 Å². The summed E-state index contributed by atoms with van der Waals surface area (Å²) in [6, 6.07) is -4.91. The Bertz CT molecular complexity index is 655. The van der Waals surface area contributed by atoms with Gasteiger partial charge in [0.15, 0.2) is 0 Å². The van der Waals surface area contributed by atoms with Gasteiger partial charge >= 0.3 is 11.9 Å². The van der Waals surface area contributed by atoms with E-state index in [1.807, 2.05) is 0 Å². The highest BCUT2D eigenvalue weighted by atomic mass is 16.4. The van der Waals surface area contributed by atoms with Crippen LogP contribution in [0.25, 0.3) is 0 Å². The van der Waals surface area contributed by atoms with Crippen LogP contribution in [0, 0.1) is 11.8 Å². The fourth-order valence-electron chi connectivity index (χ4n) is 2.61. The lowest BCUT2D eigenvalue weighted by Gasteiger charge is -2.28. The summed E-state index contributed by atoms with van der Waals surface area (Å²) in [7, 11) is 0. The van der Waals surface area contributed by atoms with Crippen molar-refractivity contribution >= 4 is 29.7 Å². The first-order valence-corrected chi connectivity index (χ1v) is 10.1. The van der Waals surface area contributed by atoms with Crippen LogP contribution in [0.1, 0.15) is 47.0 Å². The van der Waals surface area contributed by atoms with E-state index in [2.05, 4.69) is 16.0 Å². The summed E-state index contributed by atoms with van der Waals surface area (Å²) in [5, 5.41) is 34.4. The maximum absolute atomic E-state index is 12.8. The Morgan fingerprint density at radius 2 is 1.42 bits per heavy atom. The highest BCUT2D eigenvalue weighted by molar-refractivity contribution is 5.94. The molecule has 0 aliphatic carbocycles. The summed E-state index contributed by atoms with van der Waals surface area (Å²) in [5.74, 6) is -5.67. The first-order chi connectivity index (χ1) is 14.3. The van der Waals surface area contributed by atoms with Gasteiger partial charge in [0, 0.05) is 6.42 Å². The maximum Gasteiger partial charge on any atom is 0.326 e. The van der Waals surface area contributed by atoms with Gasteiger partial charge in [0.25, 0.3) is 0 Å². The van der Waals surface area contributed by atoms with Crippen LogP contribution >= 0.6 is 0 Å². The van der Waals surface area contributed by atoms with Gasteiger partial charge in [0.05, 0.1) is 6.61 Å². The monoisotopic (exact) mass is 446 g/mol. The van der Waals surface area contributed by atoms with Crippen LogP contribution < -0.4 is 21.7 Å². The molecule has 0 saturated heterocycles. The van der Waals surface area contributed by atoms with Crippen LogP contribution in [0.4, 0.5) is 0 Å². The molecule has 0 spiro atoms. The molecule has 0 heterocycles. The molecule has 0 aliphatic rings. The van der Waals surface area contributed by atoms with Gasteiger partial charge in [-0.25, -0.2) is 4.79 Å². The number of carboxylic acid groups (broad SMARTS) is 2. The van der Waals surface area contributed by atoms with Crippen LogP contribution in [0.2, 0.25) is 0 Å². The third-order valence-electron chi connectivity index (χ3n) is 4.84. The maximum atomic E-state index is 12.8. The molecule has 0 fully saturated rings. The van der Waals surface area contributed by atoms with Crippen molar-refractivity contribution in [2.45, 2.75) is 71.1 Å². The number of nitrogens with two attached hydrogens (primary N) is 1. The van der Waals surface area contributed by atoms with E-state index in [0.717, 1.165) is 0 Å². The average molecular weight is 447 g/mol. The van der Waals surface area contributed by atoms with Crippen molar-refractivity contribution < 1.29 is 39.3 Å². The molecule has 0 aromatic rings. The number of aliphatic hydroxyl groups excluding tert-OH is 1. The van der Waals surface area contributed by atoms with E-state index < -0.39 is 72.8 Å². The lowest BCUT2D eigenvalue weighted by atomic mass is 9.97. The van der Waals surface area contributed by atoms with E-state index >= 15 is 0 Å². The molecule has 12 heteroatoms. The van der Waals surface area contributed by atoms with Gasteiger partial charge < -0.3 is 37.0 Å². The minimum atomic E-state index is -1.33. The van der Waals surface area contributed by atoms with E-state index in [1.54, 1.807) is 27.7 Å². The molecule has 5 unspecified atom stereocenters. The Morgan fingerprint density at radius 3 is 1.84 bits per heavy atom. The first kappa shape index (κ1) is 28.3. The van der Waals surface area contributed by atoms with Crippen molar-refractivity contribution in [3.8, 4) is 0 Å². The Kier molecular flexibility index (Phi) is 12.4. The molecule has 0 aromatic carbocycles. The molecule has 12 nitrogen and oxygen atoms in total. The second-order valence-electron chi connectivity index (χ2n) is 7.72. The number of aliphatic hydroxyl groups is 1. The Balaban J connectivity index is 5.58. The second kappa shape index (κ2) is 13.5. The fraction of sp³-hybridized carbons (Fsp3) is 0.737. The highest BCUT2D eigenvalue weighted by Crippen LogP contribution is 2.10. The van der Waals surface area contributed by atoms with E-state index in [4.69, 9.17) is 15.9 Å². The summed E-state index contributed by atoms with van der Waals surface area (Å²) in [6.45, 7) is 6.00. The van der Waals surface area contributed by atoms with Crippen LogP contribution in [0.3, 0.4) is 0 Å². The van der Waals surface area contributed by atoms with Crippen molar-refractivity contribution in [3.63, 3.8) is 0 Å². The third-order valence-corrected chi connectivity index (χ3v) is 4.84. The zero-order valence-electron chi connectivity index (χ0n) is 18.3. The minimum Gasteiger partial charge on any atom is -0.481 e. The summed E-state index contributed by atoms with van der Waals surface area (Å²) < 4.78 is 0. The molecule has 0 aliphatic heterocycles. The normalized spacial score (nSPS) is 15.8. The molecule has 178 valence electrons. The van der Waals surface area contributed by atoms with Crippen molar-refractivity contribution in [2.24, 2.45) is 17.6 Å². The zero-order valence-corrected chi connectivity index (χ0v) is 18.3. The topological polar surface area (TPSA) is 208 Å². The Hall–Kier alpha value is -2.73. The van der Waals surface area contributed by atoms with Gasteiger partial charge in [-0.2, -0.15) is 0 Å². The molecule has 0 rings (SSSR count). The minimum absolute atomic E-state index is 0.283. The van der Waals surface area contributed by atoms with E-state index in [0.29, 0.717) is 6.42 Å². The molecule has 0 aromatic heterocycles. The third kappa shape index (κ3) is 9.75. The summed E-state index contributed by atoms with van der Waals surface area (Å²) in [6.07, 6.45) is -0.255. The standard InChI is InChI=1S/C19H34N4O8/c1-5-10(4)15(23-16(27)11(20)8-24)18(29)21-12(6-7-13(25)26)17(28)22-14(9(2)3)19(30)31/h9-12,14-15,24H,5-8,20H2,1-4H3,(H,21,29)(H,22,28)(H,23,27)(H,25,26)(H,30,31). The fourth-order valence-corrected chi connectivity index (χ4v) is 2.61. The molecule has 0 bridgehead atoms. The molecular weight excluding hydrogens is 412 g/mol. The number of hydrogen-bond donors (Lipinski definition) is 7. The highest BCUT2D eigenvalue weighted by Gasteiger charge is 2.33. The number of nitrogens with one attached hydrogen (secondary N) is 3. The molecular formula is C19H34N4O8. The molecule has 3 amide bonds. The van der Waals surface area contributed by atoms with E-state index in [9.17, 15) is 29.1 Å². The molecule has 0 radical (unpaired) electrons. The van der Waals surface area contributed by atoms with Crippen LogP contribution in [0.15, 0.2) is 0 Å². The summed E-state index contributed by atoms with van der Waals surface area (Å²) in [4.78, 5) is 59.8. The van der Waals surface area contributed by atoms with Gasteiger partial charge in [-0.3, -0.25) is 19.2 Å². The molecule has 0 saturated carbocycles. The predicted molar refractivity (Wildman–Crippen MR) is 110 cm³/mol. The van der Waals surface area contributed by atoms with Crippen LogP contribution in [-0.4, -0.2) is 75.8 Å². The number of aliphatic carboxylic acids is 2. The van der Waals surface area contributed by atoms with Crippen molar-refractivity contribution in [1.82, 2.24) is 16.0 Å². The van der Waals surface area contributed by atoms with Gasteiger partial charge in [0.2, 0.25) is 17.7 Å². The van der Waals surface area contributed by atoms with Crippen LogP contribution in [0.5, 0.6) is 0 Å². The molecule has 5 atom stereocenters. The lowest BCUT2D eigenvalue weighted by Crippen LogP contribution is -2.59. The van der Waals surface area contributed by atoms with Crippen LogP contribution in [-0.2, 0) is 24.0 Å².